The van der Waals surface area contributed by atoms with E-state index in [4.69, 9.17) is 11.6 Å². The fourth-order valence-corrected chi connectivity index (χ4v) is 2.48. The zero-order valence-electron chi connectivity index (χ0n) is 11.4. The lowest BCUT2D eigenvalue weighted by atomic mass is 10.2. The first kappa shape index (κ1) is 14.3. The van der Waals surface area contributed by atoms with Crippen molar-refractivity contribution in [3.63, 3.8) is 0 Å². The highest BCUT2D eigenvalue weighted by Gasteiger charge is 2.41. The number of hydrogen-bond acceptors (Lipinski definition) is 3. The number of nitrogens with zero attached hydrogens (tertiary/aromatic N) is 2. The number of carbonyl (C=O) groups is 3. The van der Waals surface area contributed by atoms with Crippen LogP contribution in [0, 0.1) is 0 Å². The molecule has 110 valence electrons. The number of anilines is 1. The van der Waals surface area contributed by atoms with E-state index in [1.807, 2.05) is 0 Å². The molecule has 0 unspecified atom stereocenters. The molecular formula is C16H11ClN2O3. The van der Waals surface area contributed by atoms with Gasteiger partial charge in [-0.2, -0.15) is 4.90 Å². The molecule has 0 saturated carbocycles. The van der Waals surface area contributed by atoms with Crippen LogP contribution in [0.15, 0.2) is 54.6 Å². The van der Waals surface area contributed by atoms with Gasteiger partial charge >= 0.3 is 6.03 Å². The largest absolute Gasteiger partial charge is 0.338 e. The van der Waals surface area contributed by atoms with Crippen LogP contribution in [0.3, 0.4) is 0 Å². The first-order chi connectivity index (χ1) is 10.6. The van der Waals surface area contributed by atoms with Crippen molar-refractivity contribution in [2.75, 3.05) is 11.4 Å². The molecule has 22 heavy (non-hydrogen) atoms. The zero-order valence-corrected chi connectivity index (χ0v) is 12.2. The molecule has 0 aliphatic carbocycles. The van der Waals surface area contributed by atoms with Gasteiger partial charge in [0.1, 0.15) is 6.54 Å². The lowest BCUT2D eigenvalue weighted by molar-refractivity contribution is -0.123. The minimum Gasteiger partial charge on any atom is -0.284 e. The van der Waals surface area contributed by atoms with E-state index in [0.717, 1.165) is 0 Å². The summed E-state index contributed by atoms with van der Waals surface area (Å²) >= 11 is 5.96. The lowest BCUT2D eigenvalue weighted by Crippen LogP contribution is -2.38. The van der Waals surface area contributed by atoms with Gasteiger partial charge in [-0.15, -0.1) is 0 Å². The Morgan fingerprint density at radius 1 is 0.955 bits per heavy atom. The molecule has 0 atom stereocenters. The van der Waals surface area contributed by atoms with Crippen LogP contribution < -0.4 is 4.90 Å². The first-order valence-corrected chi connectivity index (χ1v) is 6.96. The van der Waals surface area contributed by atoms with Crippen molar-refractivity contribution in [1.82, 2.24) is 4.90 Å². The fraction of sp³-hybridized carbons (Fsp3) is 0.0625. The number of urea groups is 1. The molecular weight excluding hydrogens is 304 g/mol. The molecule has 0 radical (unpaired) electrons. The van der Waals surface area contributed by atoms with Crippen LogP contribution in [0.4, 0.5) is 10.5 Å². The van der Waals surface area contributed by atoms with Crippen molar-refractivity contribution in [2.24, 2.45) is 0 Å². The molecule has 3 rings (SSSR count). The van der Waals surface area contributed by atoms with Crippen LogP contribution in [0.1, 0.15) is 10.4 Å². The van der Waals surface area contributed by atoms with Gasteiger partial charge in [0, 0.05) is 5.69 Å². The summed E-state index contributed by atoms with van der Waals surface area (Å²) in [5, 5.41) is 0.200. The summed E-state index contributed by atoms with van der Waals surface area (Å²) in [5.74, 6) is -1.28. The predicted octanol–water partition coefficient (Wildman–Crippen LogP) is 2.95. The summed E-state index contributed by atoms with van der Waals surface area (Å²) in [5.41, 5.74) is 0.691. The van der Waals surface area contributed by atoms with E-state index in [2.05, 4.69) is 0 Å². The Balaban J connectivity index is 1.93. The maximum absolute atomic E-state index is 12.4. The normalized spacial score (nSPS) is 14.6. The Kier molecular flexibility index (Phi) is 3.65. The molecule has 0 aromatic heterocycles. The summed E-state index contributed by atoms with van der Waals surface area (Å²) in [6, 6.07) is 14.4. The van der Waals surface area contributed by atoms with Gasteiger partial charge < -0.3 is 0 Å². The van der Waals surface area contributed by atoms with Gasteiger partial charge in [0.2, 0.25) is 0 Å². The maximum Gasteiger partial charge on any atom is 0.338 e. The summed E-state index contributed by atoms with van der Waals surface area (Å²) in [6.45, 7) is -0.168. The molecule has 5 nitrogen and oxygen atoms in total. The third-order valence-electron chi connectivity index (χ3n) is 3.34. The molecule has 1 saturated heterocycles. The second-order valence-electron chi connectivity index (χ2n) is 4.72. The molecule has 1 aliphatic rings. The number of amides is 4. The van der Waals surface area contributed by atoms with E-state index >= 15 is 0 Å². The van der Waals surface area contributed by atoms with E-state index in [1.54, 1.807) is 42.5 Å². The Bertz CT molecular complexity index is 761. The average molecular weight is 315 g/mol. The van der Waals surface area contributed by atoms with Gasteiger partial charge in [-0.05, 0) is 24.3 Å². The number of hydrogen-bond donors (Lipinski definition) is 0. The average Bonchev–Trinajstić information content (AvgIpc) is 2.83. The number of para-hydroxylation sites is 1. The van der Waals surface area contributed by atoms with Crippen molar-refractivity contribution in [2.45, 2.75) is 0 Å². The minimum absolute atomic E-state index is 0.126. The molecule has 0 spiro atoms. The molecule has 4 amide bonds. The first-order valence-electron chi connectivity index (χ1n) is 6.58. The summed E-state index contributed by atoms with van der Waals surface area (Å²) < 4.78 is 0. The molecule has 6 heteroatoms. The van der Waals surface area contributed by atoms with Crippen LogP contribution in [-0.4, -0.2) is 29.3 Å². The molecule has 0 N–H and O–H groups in total. The molecule has 1 fully saturated rings. The van der Waals surface area contributed by atoms with Crippen LogP contribution in [-0.2, 0) is 4.79 Å². The second kappa shape index (κ2) is 5.61. The highest BCUT2D eigenvalue weighted by atomic mass is 35.5. The van der Waals surface area contributed by atoms with E-state index in [1.165, 1.54) is 17.0 Å². The van der Waals surface area contributed by atoms with Gasteiger partial charge in [-0.1, -0.05) is 41.9 Å². The third-order valence-corrected chi connectivity index (χ3v) is 3.67. The van der Waals surface area contributed by atoms with Crippen molar-refractivity contribution >= 4 is 35.1 Å². The molecule has 1 heterocycles. The molecule has 0 bridgehead atoms. The summed E-state index contributed by atoms with van der Waals surface area (Å²) in [7, 11) is 0. The standard InChI is InChI=1S/C16H11ClN2O3/c17-13-9-5-4-8-12(13)15(21)19-14(20)10-18(16(19)22)11-6-2-1-3-7-11/h1-9H,10H2. The van der Waals surface area contributed by atoms with E-state index in [0.29, 0.717) is 10.6 Å². The van der Waals surface area contributed by atoms with Gasteiger partial charge in [0.05, 0.1) is 10.6 Å². The minimum atomic E-state index is -0.709. The van der Waals surface area contributed by atoms with Crippen molar-refractivity contribution in [1.29, 1.82) is 0 Å². The Labute approximate surface area is 131 Å². The van der Waals surface area contributed by atoms with Crippen LogP contribution >= 0.6 is 11.6 Å². The lowest BCUT2D eigenvalue weighted by Gasteiger charge is -2.16. The van der Waals surface area contributed by atoms with Crippen LogP contribution in [0.2, 0.25) is 5.02 Å². The monoisotopic (exact) mass is 314 g/mol. The van der Waals surface area contributed by atoms with Gasteiger partial charge in [-0.3, -0.25) is 14.5 Å². The highest BCUT2D eigenvalue weighted by Crippen LogP contribution is 2.24. The fourth-order valence-electron chi connectivity index (χ4n) is 2.27. The number of imide groups is 3. The van der Waals surface area contributed by atoms with E-state index < -0.39 is 17.8 Å². The molecule has 2 aromatic rings. The molecule has 2 aromatic carbocycles. The van der Waals surface area contributed by atoms with Gasteiger partial charge in [-0.25, -0.2) is 4.79 Å². The zero-order chi connectivity index (χ0) is 15.7. The summed E-state index contributed by atoms with van der Waals surface area (Å²) in [6.07, 6.45) is 0. The smallest absolute Gasteiger partial charge is 0.284 e. The SMILES string of the molecule is O=C1CN(c2ccccc2)C(=O)N1C(=O)c1ccccc1Cl. The Morgan fingerprint density at radius 3 is 2.27 bits per heavy atom. The number of carbonyl (C=O) groups excluding carboxylic acids is 3. The van der Waals surface area contributed by atoms with Crippen LogP contribution in [0.5, 0.6) is 0 Å². The highest BCUT2D eigenvalue weighted by molar-refractivity contribution is 6.35. The summed E-state index contributed by atoms with van der Waals surface area (Å²) in [4.78, 5) is 38.8. The van der Waals surface area contributed by atoms with Crippen molar-refractivity contribution < 1.29 is 14.4 Å². The Hall–Kier alpha value is -2.66. The maximum atomic E-state index is 12.4. The van der Waals surface area contributed by atoms with Gasteiger partial charge in [0.15, 0.2) is 0 Å². The Morgan fingerprint density at radius 2 is 1.59 bits per heavy atom. The quantitative estimate of drug-likeness (QED) is 0.632. The van der Waals surface area contributed by atoms with Gasteiger partial charge in [0.25, 0.3) is 11.8 Å². The van der Waals surface area contributed by atoms with E-state index in [-0.39, 0.29) is 17.1 Å². The second-order valence-corrected chi connectivity index (χ2v) is 5.13. The predicted molar refractivity (Wildman–Crippen MR) is 81.8 cm³/mol. The number of rotatable bonds is 2. The van der Waals surface area contributed by atoms with Crippen molar-refractivity contribution in [3.05, 3.63) is 65.2 Å². The topological polar surface area (TPSA) is 57.7 Å². The van der Waals surface area contributed by atoms with Crippen LogP contribution in [0.25, 0.3) is 0 Å². The number of benzene rings is 2. The molecule has 1 aliphatic heterocycles. The third kappa shape index (κ3) is 2.35. The van der Waals surface area contributed by atoms with E-state index in [9.17, 15) is 14.4 Å². The van der Waals surface area contributed by atoms with Crippen molar-refractivity contribution in [3.8, 4) is 0 Å². The number of halogens is 1.